The van der Waals surface area contributed by atoms with Crippen molar-refractivity contribution < 1.29 is 13.9 Å². The van der Waals surface area contributed by atoms with Crippen LogP contribution in [-0.4, -0.2) is 38.3 Å². The maximum Gasteiger partial charge on any atom is 0.335 e. The molecular weight excluding hydrogens is 224 g/mol. The molecule has 1 aromatic heterocycles. The van der Waals surface area contributed by atoms with Gasteiger partial charge in [0, 0.05) is 26.3 Å². The fourth-order valence-electron chi connectivity index (χ4n) is 1.79. The number of hydrogen-bond donors (Lipinski definition) is 2. The van der Waals surface area contributed by atoms with Crippen LogP contribution in [0.25, 0.3) is 0 Å². The van der Waals surface area contributed by atoms with Crippen molar-refractivity contribution in [3.05, 3.63) is 34.4 Å². The molecule has 0 radical (unpaired) electrons. The van der Waals surface area contributed by atoms with Crippen LogP contribution in [0.5, 0.6) is 0 Å². The Balaban J connectivity index is 2.01. The first-order valence-corrected chi connectivity index (χ1v) is 5.34. The molecular formula is C11H14N2O4. The topological polar surface area (TPSA) is 80.6 Å². The summed E-state index contributed by atoms with van der Waals surface area (Å²) in [6.07, 6.45) is 1.12. The monoisotopic (exact) mass is 238 g/mol. The van der Waals surface area contributed by atoms with Crippen molar-refractivity contribution in [2.75, 3.05) is 20.2 Å². The van der Waals surface area contributed by atoms with Gasteiger partial charge >= 0.3 is 5.63 Å². The van der Waals surface area contributed by atoms with Crippen LogP contribution in [0.4, 0.5) is 0 Å². The number of carbonyl (C=O) groups is 1. The van der Waals surface area contributed by atoms with Crippen LogP contribution in [-0.2, 0) is 4.74 Å². The van der Waals surface area contributed by atoms with Crippen LogP contribution in [0, 0.1) is 0 Å². The van der Waals surface area contributed by atoms with Crippen molar-refractivity contribution in [2.24, 2.45) is 0 Å². The van der Waals surface area contributed by atoms with E-state index in [0.29, 0.717) is 18.7 Å². The Morgan fingerprint density at radius 2 is 2.35 bits per heavy atom. The average Bonchev–Trinajstić information content (AvgIpc) is 2.77. The van der Waals surface area contributed by atoms with Crippen molar-refractivity contribution in [3.63, 3.8) is 0 Å². The fraction of sp³-hybridized carbons (Fsp3) is 0.455. The molecule has 6 nitrogen and oxygen atoms in total. The van der Waals surface area contributed by atoms with Crippen LogP contribution >= 0.6 is 0 Å². The van der Waals surface area contributed by atoms with Gasteiger partial charge in [-0.25, -0.2) is 4.79 Å². The highest BCUT2D eigenvalue weighted by Gasteiger charge is 2.28. The first-order chi connectivity index (χ1) is 8.20. The SMILES string of the molecule is CO[C@@H]1CNCC1NC(=O)c1ccc(=O)oc1. The third-order valence-electron chi connectivity index (χ3n) is 2.74. The molecule has 17 heavy (non-hydrogen) atoms. The molecule has 0 saturated carbocycles. The van der Waals surface area contributed by atoms with E-state index in [-0.39, 0.29) is 18.1 Å². The van der Waals surface area contributed by atoms with Crippen molar-refractivity contribution in [1.29, 1.82) is 0 Å². The molecule has 0 aliphatic carbocycles. The van der Waals surface area contributed by atoms with Gasteiger partial charge in [0.1, 0.15) is 6.26 Å². The molecule has 1 amide bonds. The quantitative estimate of drug-likeness (QED) is 0.732. The molecule has 0 aromatic carbocycles. The molecule has 1 saturated heterocycles. The molecule has 1 aliphatic rings. The summed E-state index contributed by atoms with van der Waals surface area (Å²) < 4.78 is 9.86. The van der Waals surface area contributed by atoms with Crippen LogP contribution in [0.2, 0.25) is 0 Å². The predicted octanol–water partition coefficient (Wildman–Crippen LogP) is -0.644. The zero-order valence-corrected chi connectivity index (χ0v) is 9.43. The van der Waals surface area contributed by atoms with Crippen molar-refractivity contribution in [2.45, 2.75) is 12.1 Å². The molecule has 1 aromatic rings. The van der Waals surface area contributed by atoms with Gasteiger partial charge in [0.05, 0.1) is 17.7 Å². The van der Waals surface area contributed by atoms with E-state index in [1.165, 1.54) is 12.1 Å². The number of hydrogen-bond acceptors (Lipinski definition) is 5. The minimum absolute atomic E-state index is 0.0327. The van der Waals surface area contributed by atoms with E-state index in [1.807, 2.05) is 0 Å². The van der Waals surface area contributed by atoms with E-state index in [4.69, 9.17) is 4.74 Å². The van der Waals surface area contributed by atoms with Gasteiger partial charge in [-0.05, 0) is 6.07 Å². The first-order valence-electron chi connectivity index (χ1n) is 5.34. The molecule has 2 N–H and O–H groups in total. The lowest BCUT2D eigenvalue weighted by molar-refractivity contribution is 0.0778. The van der Waals surface area contributed by atoms with Gasteiger partial charge in [-0.2, -0.15) is 0 Å². The first kappa shape index (κ1) is 11.8. The van der Waals surface area contributed by atoms with Gasteiger partial charge in [-0.1, -0.05) is 0 Å². The summed E-state index contributed by atoms with van der Waals surface area (Å²) >= 11 is 0. The third-order valence-corrected chi connectivity index (χ3v) is 2.74. The van der Waals surface area contributed by atoms with Crippen LogP contribution < -0.4 is 16.3 Å². The van der Waals surface area contributed by atoms with Crippen molar-refractivity contribution in [1.82, 2.24) is 10.6 Å². The molecule has 2 rings (SSSR count). The second kappa shape index (κ2) is 5.11. The molecule has 2 atom stereocenters. The standard InChI is InChI=1S/C11H14N2O4/c1-16-9-5-12-4-8(9)13-11(15)7-2-3-10(14)17-6-7/h2-3,6,8-9,12H,4-5H2,1H3,(H,13,15)/t8?,9-/m1/s1. The van der Waals surface area contributed by atoms with E-state index in [2.05, 4.69) is 15.1 Å². The Bertz CT molecular complexity index is 437. The normalized spacial score (nSPS) is 23.6. The summed E-state index contributed by atoms with van der Waals surface area (Å²) in [6.45, 7) is 1.38. The number of ether oxygens (including phenoxy) is 1. The van der Waals surface area contributed by atoms with E-state index < -0.39 is 5.63 Å². The second-order valence-corrected chi connectivity index (χ2v) is 3.86. The Morgan fingerprint density at radius 1 is 1.53 bits per heavy atom. The van der Waals surface area contributed by atoms with Gasteiger partial charge in [0.25, 0.3) is 5.91 Å². The van der Waals surface area contributed by atoms with E-state index >= 15 is 0 Å². The number of nitrogens with one attached hydrogen (secondary N) is 2. The number of carbonyl (C=O) groups excluding carboxylic acids is 1. The Morgan fingerprint density at radius 3 is 3.00 bits per heavy atom. The van der Waals surface area contributed by atoms with E-state index in [9.17, 15) is 9.59 Å². The smallest absolute Gasteiger partial charge is 0.335 e. The number of rotatable bonds is 3. The van der Waals surface area contributed by atoms with Crippen molar-refractivity contribution in [3.8, 4) is 0 Å². The average molecular weight is 238 g/mol. The largest absolute Gasteiger partial charge is 0.430 e. The van der Waals surface area contributed by atoms with Crippen LogP contribution in [0.1, 0.15) is 10.4 Å². The minimum atomic E-state index is -0.473. The number of amides is 1. The van der Waals surface area contributed by atoms with Crippen LogP contribution in [0.3, 0.4) is 0 Å². The summed E-state index contributed by atoms with van der Waals surface area (Å²) in [7, 11) is 1.61. The summed E-state index contributed by atoms with van der Waals surface area (Å²) in [5.74, 6) is -0.274. The summed E-state index contributed by atoms with van der Waals surface area (Å²) in [5.41, 5.74) is -0.148. The molecule has 1 fully saturated rings. The molecule has 6 heteroatoms. The molecule has 2 heterocycles. The van der Waals surface area contributed by atoms with Gasteiger partial charge in [0.2, 0.25) is 0 Å². The Kier molecular flexibility index (Phi) is 3.55. The minimum Gasteiger partial charge on any atom is -0.430 e. The lowest BCUT2D eigenvalue weighted by Crippen LogP contribution is -2.43. The molecule has 1 aliphatic heterocycles. The lowest BCUT2D eigenvalue weighted by Gasteiger charge is -2.18. The zero-order valence-electron chi connectivity index (χ0n) is 9.43. The Hall–Kier alpha value is -1.66. The summed E-state index contributed by atoms with van der Waals surface area (Å²) in [5, 5.41) is 5.95. The zero-order chi connectivity index (χ0) is 12.3. The number of methoxy groups -OCH3 is 1. The molecule has 0 spiro atoms. The lowest BCUT2D eigenvalue weighted by atomic mass is 10.2. The predicted molar refractivity (Wildman–Crippen MR) is 59.9 cm³/mol. The summed E-state index contributed by atoms with van der Waals surface area (Å²) in [4.78, 5) is 22.6. The highest BCUT2D eigenvalue weighted by Crippen LogP contribution is 2.05. The Labute approximate surface area is 98.0 Å². The maximum atomic E-state index is 11.8. The van der Waals surface area contributed by atoms with Gasteiger partial charge in [-0.15, -0.1) is 0 Å². The highest BCUT2D eigenvalue weighted by molar-refractivity contribution is 5.93. The highest BCUT2D eigenvalue weighted by atomic mass is 16.5. The fourth-order valence-corrected chi connectivity index (χ4v) is 1.79. The summed E-state index contributed by atoms with van der Waals surface area (Å²) in [6, 6.07) is 2.58. The van der Waals surface area contributed by atoms with Gasteiger partial charge in [-0.3, -0.25) is 4.79 Å². The second-order valence-electron chi connectivity index (χ2n) is 3.86. The van der Waals surface area contributed by atoms with Gasteiger partial charge in [0.15, 0.2) is 0 Å². The molecule has 0 bridgehead atoms. The van der Waals surface area contributed by atoms with E-state index in [1.54, 1.807) is 7.11 Å². The maximum absolute atomic E-state index is 11.8. The van der Waals surface area contributed by atoms with Crippen LogP contribution in [0.15, 0.2) is 27.6 Å². The molecule has 1 unspecified atom stereocenters. The van der Waals surface area contributed by atoms with Crippen molar-refractivity contribution >= 4 is 5.91 Å². The third kappa shape index (κ3) is 2.72. The van der Waals surface area contributed by atoms with E-state index in [0.717, 1.165) is 6.26 Å². The van der Waals surface area contributed by atoms with Gasteiger partial charge < -0.3 is 19.8 Å². The molecule has 92 valence electrons.